The average molecular weight is 204 g/mol. The molecule has 1 rings (SSSR count). The van der Waals surface area contributed by atoms with E-state index in [1.807, 2.05) is 13.0 Å². The predicted molar refractivity (Wildman–Crippen MR) is 55.6 cm³/mol. The van der Waals surface area contributed by atoms with Gasteiger partial charge in [-0.15, -0.1) is 0 Å². The van der Waals surface area contributed by atoms with Gasteiger partial charge < -0.3 is 10.1 Å². The van der Waals surface area contributed by atoms with Crippen LogP contribution >= 0.6 is 0 Å². The lowest BCUT2D eigenvalue weighted by molar-refractivity contribution is 0.0958. The SMILES string of the molecule is CCOc1ccc(C(=O)NCC#N)cc1. The Morgan fingerprint density at radius 2 is 2.13 bits per heavy atom. The number of amides is 1. The summed E-state index contributed by atoms with van der Waals surface area (Å²) in [6.45, 7) is 2.51. The largest absolute Gasteiger partial charge is 0.494 e. The molecule has 1 aromatic carbocycles. The van der Waals surface area contributed by atoms with Crippen LogP contribution in [0.4, 0.5) is 0 Å². The van der Waals surface area contributed by atoms with Crippen molar-refractivity contribution in [3.05, 3.63) is 29.8 Å². The Labute approximate surface area is 88.5 Å². The summed E-state index contributed by atoms with van der Waals surface area (Å²) in [4.78, 5) is 11.4. The number of carbonyl (C=O) groups is 1. The summed E-state index contributed by atoms with van der Waals surface area (Å²) in [5.41, 5.74) is 0.522. The molecule has 1 amide bonds. The first kappa shape index (κ1) is 11.1. The van der Waals surface area contributed by atoms with E-state index in [1.165, 1.54) is 0 Å². The van der Waals surface area contributed by atoms with Crippen LogP contribution < -0.4 is 10.1 Å². The van der Waals surface area contributed by atoms with E-state index in [1.54, 1.807) is 24.3 Å². The van der Waals surface area contributed by atoms with Gasteiger partial charge in [0.25, 0.3) is 5.91 Å². The Morgan fingerprint density at radius 3 is 2.67 bits per heavy atom. The minimum atomic E-state index is -0.250. The monoisotopic (exact) mass is 204 g/mol. The highest BCUT2D eigenvalue weighted by molar-refractivity contribution is 5.94. The molecule has 0 aliphatic rings. The van der Waals surface area contributed by atoms with Gasteiger partial charge in [-0.1, -0.05) is 0 Å². The van der Waals surface area contributed by atoms with Gasteiger partial charge in [0.05, 0.1) is 12.7 Å². The average Bonchev–Trinajstić information content (AvgIpc) is 2.27. The number of nitrogens with one attached hydrogen (secondary N) is 1. The second-order valence-electron chi connectivity index (χ2n) is 2.80. The molecule has 0 aliphatic heterocycles. The molecule has 1 aromatic rings. The number of benzene rings is 1. The van der Waals surface area contributed by atoms with Crippen LogP contribution in [0.5, 0.6) is 5.75 Å². The standard InChI is InChI=1S/C11H12N2O2/c1-2-15-10-5-3-9(4-6-10)11(14)13-8-7-12/h3-6H,2,8H2,1H3,(H,13,14). The molecule has 4 nitrogen and oxygen atoms in total. The summed E-state index contributed by atoms with van der Waals surface area (Å²) < 4.78 is 5.24. The van der Waals surface area contributed by atoms with Gasteiger partial charge in [-0.2, -0.15) is 5.26 Å². The Kier molecular flexibility index (Phi) is 4.17. The van der Waals surface area contributed by atoms with Crippen molar-refractivity contribution in [3.8, 4) is 11.8 Å². The number of ether oxygens (including phenoxy) is 1. The third-order valence-electron chi connectivity index (χ3n) is 1.76. The fourth-order valence-electron chi connectivity index (χ4n) is 1.09. The minimum Gasteiger partial charge on any atom is -0.494 e. The first-order valence-corrected chi connectivity index (χ1v) is 4.66. The van der Waals surface area contributed by atoms with Gasteiger partial charge in [-0.05, 0) is 31.2 Å². The molecular formula is C11H12N2O2. The van der Waals surface area contributed by atoms with Crippen molar-refractivity contribution in [1.29, 1.82) is 5.26 Å². The zero-order chi connectivity index (χ0) is 11.1. The molecule has 0 heterocycles. The summed E-state index contributed by atoms with van der Waals surface area (Å²) in [5, 5.41) is 10.8. The minimum absolute atomic E-state index is 0.0199. The Bertz CT molecular complexity index is 365. The van der Waals surface area contributed by atoms with Gasteiger partial charge in [-0.25, -0.2) is 0 Å². The van der Waals surface area contributed by atoms with Crippen LogP contribution in [0.1, 0.15) is 17.3 Å². The summed E-state index contributed by atoms with van der Waals surface area (Å²) in [5.74, 6) is 0.480. The van der Waals surface area contributed by atoms with E-state index in [-0.39, 0.29) is 12.5 Å². The molecule has 15 heavy (non-hydrogen) atoms. The molecule has 1 N–H and O–H groups in total. The van der Waals surface area contributed by atoms with Gasteiger partial charge >= 0.3 is 0 Å². The van der Waals surface area contributed by atoms with Crippen molar-refractivity contribution in [2.75, 3.05) is 13.2 Å². The number of hydrogen-bond donors (Lipinski definition) is 1. The second-order valence-corrected chi connectivity index (χ2v) is 2.80. The Balaban J connectivity index is 2.63. The molecular weight excluding hydrogens is 192 g/mol. The van der Waals surface area contributed by atoms with Gasteiger partial charge in [-0.3, -0.25) is 4.79 Å². The van der Waals surface area contributed by atoms with Crippen molar-refractivity contribution in [2.45, 2.75) is 6.92 Å². The molecule has 0 bridgehead atoms. The number of rotatable bonds is 4. The molecule has 0 saturated heterocycles. The highest BCUT2D eigenvalue weighted by Gasteiger charge is 2.03. The van der Waals surface area contributed by atoms with E-state index < -0.39 is 0 Å². The molecule has 0 spiro atoms. The topological polar surface area (TPSA) is 62.1 Å². The third kappa shape index (κ3) is 3.31. The molecule has 0 aromatic heterocycles. The van der Waals surface area contributed by atoms with Crippen LogP contribution in [0.25, 0.3) is 0 Å². The molecule has 78 valence electrons. The van der Waals surface area contributed by atoms with Crippen LogP contribution in [-0.4, -0.2) is 19.1 Å². The lowest BCUT2D eigenvalue weighted by Crippen LogP contribution is -2.23. The third-order valence-corrected chi connectivity index (χ3v) is 1.76. The molecule has 0 unspecified atom stereocenters. The lowest BCUT2D eigenvalue weighted by atomic mass is 10.2. The summed E-state index contributed by atoms with van der Waals surface area (Å²) in [6, 6.07) is 8.63. The van der Waals surface area contributed by atoms with Gasteiger partial charge in [0.1, 0.15) is 12.3 Å². The fourth-order valence-corrected chi connectivity index (χ4v) is 1.09. The van der Waals surface area contributed by atoms with E-state index in [0.717, 1.165) is 5.75 Å². The van der Waals surface area contributed by atoms with E-state index in [9.17, 15) is 4.79 Å². The predicted octanol–water partition coefficient (Wildman–Crippen LogP) is 1.34. The van der Waals surface area contributed by atoms with Crippen LogP contribution in [0, 0.1) is 11.3 Å². The number of nitriles is 1. The van der Waals surface area contributed by atoms with Crippen molar-refractivity contribution in [3.63, 3.8) is 0 Å². The lowest BCUT2D eigenvalue weighted by Gasteiger charge is -2.04. The van der Waals surface area contributed by atoms with E-state index in [0.29, 0.717) is 12.2 Å². The van der Waals surface area contributed by atoms with Gasteiger partial charge in [0, 0.05) is 5.56 Å². The number of hydrogen-bond acceptors (Lipinski definition) is 3. The van der Waals surface area contributed by atoms with Crippen molar-refractivity contribution in [1.82, 2.24) is 5.32 Å². The highest BCUT2D eigenvalue weighted by atomic mass is 16.5. The summed E-state index contributed by atoms with van der Waals surface area (Å²) in [6.07, 6.45) is 0. The normalized spacial score (nSPS) is 9.07. The molecule has 0 radical (unpaired) electrons. The van der Waals surface area contributed by atoms with Crippen molar-refractivity contribution < 1.29 is 9.53 Å². The molecule has 4 heteroatoms. The van der Waals surface area contributed by atoms with E-state index in [4.69, 9.17) is 10.00 Å². The van der Waals surface area contributed by atoms with E-state index >= 15 is 0 Å². The summed E-state index contributed by atoms with van der Waals surface area (Å²) in [7, 11) is 0. The fraction of sp³-hybridized carbons (Fsp3) is 0.273. The summed E-state index contributed by atoms with van der Waals surface area (Å²) >= 11 is 0. The maximum Gasteiger partial charge on any atom is 0.252 e. The molecule has 0 fully saturated rings. The zero-order valence-electron chi connectivity index (χ0n) is 8.49. The molecule has 0 aliphatic carbocycles. The van der Waals surface area contributed by atoms with Crippen molar-refractivity contribution >= 4 is 5.91 Å². The Hall–Kier alpha value is -2.02. The molecule has 0 atom stereocenters. The van der Waals surface area contributed by atoms with Crippen molar-refractivity contribution in [2.24, 2.45) is 0 Å². The van der Waals surface area contributed by atoms with Crippen LogP contribution in [0.2, 0.25) is 0 Å². The number of carbonyl (C=O) groups excluding carboxylic acids is 1. The van der Waals surface area contributed by atoms with E-state index in [2.05, 4.69) is 5.32 Å². The maximum absolute atomic E-state index is 11.4. The highest BCUT2D eigenvalue weighted by Crippen LogP contribution is 2.11. The number of nitrogens with zero attached hydrogens (tertiary/aromatic N) is 1. The maximum atomic E-state index is 11.4. The van der Waals surface area contributed by atoms with Crippen LogP contribution in [0.15, 0.2) is 24.3 Å². The zero-order valence-corrected chi connectivity index (χ0v) is 8.49. The Morgan fingerprint density at radius 1 is 1.47 bits per heavy atom. The van der Waals surface area contributed by atoms with Crippen LogP contribution in [0.3, 0.4) is 0 Å². The van der Waals surface area contributed by atoms with Crippen LogP contribution in [-0.2, 0) is 0 Å². The second kappa shape index (κ2) is 5.66. The van der Waals surface area contributed by atoms with Gasteiger partial charge in [0.15, 0.2) is 0 Å². The smallest absolute Gasteiger partial charge is 0.252 e. The first-order valence-electron chi connectivity index (χ1n) is 4.66. The quantitative estimate of drug-likeness (QED) is 0.753. The first-order chi connectivity index (χ1) is 7.27. The van der Waals surface area contributed by atoms with Gasteiger partial charge in [0.2, 0.25) is 0 Å². The molecule has 0 saturated carbocycles.